The van der Waals surface area contributed by atoms with E-state index in [1.54, 1.807) is 0 Å². The molecule has 1 aromatic rings. The molecule has 0 aromatic heterocycles. The van der Waals surface area contributed by atoms with Gasteiger partial charge in [0.05, 0.1) is 0 Å². The van der Waals surface area contributed by atoms with Crippen LogP contribution in [0.4, 0.5) is 5.69 Å². The van der Waals surface area contributed by atoms with E-state index in [2.05, 4.69) is 57.3 Å². The maximum absolute atomic E-state index is 3.57. The van der Waals surface area contributed by atoms with Crippen LogP contribution in [0.1, 0.15) is 52.0 Å². The molecule has 0 bridgehead atoms. The molecule has 0 aliphatic rings. The monoisotopic (exact) mass is 247 g/mol. The van der Waals surface area contributed by atoms with Crippen molar-refractivity contribution in [1.82, 2.24) is 0 Å². The molecule has 1 nitrogen and oxygen atoms in total. The van der Waals surface area contributed by atoms with Crippen LogP contribution >= 0.6 is 0 Å². The normalized spacial score (nSPS) is 12.7. The summed E-state index contributed by atoms with van der Waals surface area (Å²) in [5, 5.41) is 3.57. The lowest BCUT2D eigenvalue weighted by molar-refractivity contribution is 0.335. The molecule has 0 fully saturated rings. The van der Waals surface area contributed by atoms with Gasteiger partial charge in [0.1, 0.15) is 0 Å². The summed E-state index contributed by atoms with van der Waals surface area (Å²) in [4.78, 5) is 0. The first-order valence-corrected chi connectivity index (χ1v) is 7.44. The Balaban J connectivity index is 2.36. The highest BCUT2D eigenvalue weighted by atomic mass is 14.9. The van der Waals surface area contributed by atoms with E-state index in [4.69, 9.17) is 0 Å². The Morgan fingerprint density at radius 2 is 1.83 bits per heavy atom. The van der Waals surface area contributed by atoms with Gasteiger partial charge in [-0.3, -0.25) is 0 Å². The van der Waals surface area contributed by atoms with Crippen molar-refractivity contribution in [3.05, 3.63) is 29.8 Å². The lowest BCUT2D eigenvalue weighted by Gasteiger charge is -2.21. The van der Waals surface area contributed by atoms with E-state index in [-0.39, 0.29) is 0 Å². The Morgan fingerprint density at radius 1 is 1.11 bits per heavy atom. The molecule has 1 N–H and O–H groups in total. The molecule has 18 heavy (non-hydrogen) atoms. The van der Waals surface area contributed by atoms with Crippen molar-refractivity contribution in [2.45, 2.75) is 53.4 Å². The Bertz CT molecular complexity index is 330. The number of anilines is 1. The number of aryl methyl sites for hydroxylation is 1. The van der Waals surface area contributed by atoms with Gasteiger partial charge in [0.15, 0.2) is 0 Å². The molecular weight excluding hydrogens is 218 g/mol. The zero-order valence-electron chi connectivity index (χ0n) is 12.5. The number of hydrogen-bond acceptors (Lipinski definition) is 1. The van der Waals surface area contributed by atoms with Gasteiger partial charge in [-0.05, 0) is 36.8 Å². The summed E-state index contributed by atoms with van der Waals surface area (Å²) >= 11 is 0. The molecule has 0 aliphatic heterocycles. The van der Waals surface area contributed by atoms with Gasteiger partial charge in [-0.1, -0.05) is 58.2 Å². The number of para-hydroxylation sites is 1. The van der Waals surface area contributed by atoms with E-state index in [1.807, 2.05) is 0 Å². The first-order chi connectivity index (χ1) is 8.65. The zero-order valence-corrected chi connectivity index (χ0v) is 12.5. The van der Waals surface area contributed by atoms with Gasteiger partial charge >= 0.3 is 0 Å². The fraction of sp³-hybridized carbons (Fsp3) is 0.647. The van der Waals surface area contributed by atoms with E-state index < -0.39 is 0 Å². The van der Waals surface area contributed by atoms with Gasteiger partial charge in [0, 0.05) is 12.2 Å². The fourth-order valence-electron chi connectivity index (χ4n) is 2.44. The Labute approximate surface area is 113 Å². The molecular formula is C17H29N. The SMILES string of the molecule is CCCC[C@@H](CCNc1ccccc1C)C(C)C. The van der Waals surface area contributed by atoms with E-state index >= 15 is 0 Å². The minimum atomic E-state index is 0.801. The zero-order chi connectivity index (χ0) is 13.4. The Kier molecular flexibility index (Phi) is 6.85. The van der Waals surface area contributed by atoms with Crippen molar-refractivity contribution >= 4 is 5.69 Å². The highest BCUT2D eigenvalue weighted by Gasteiger charge is 2.12. The van der Waals surface area contributed by atoms with Crippen LogP contribution in [-0.4, -0.2) is 6.54 Å². The Morgan fingerprint density at radius 3 is 2.44 bits per heavy atom. The molecule has 0 radical (unpaired) electrons. The summed E-state index contributed by atoms with van der Waals surface area (Å²) in [6.45, 7) is 10.3. The third-order valence-corrected chi connectivity index (χ3v) is 3.85. The highest BCUT2D eigenvalue weighted by molar-refractivity contribution is 5.50. The summed E-state index contributed by atoms with van der Waals surface area (Å²) in [5.74, 6) is 1.66. The molecule has 1 heteroatoms. The number of nitrogens with one attached hydrogen (secondary N) is 1. The first kappa shape index (κ1) is 15.1. The van der Waals surface area contributed by atoms with Gasteiger partial charge in [0.2, 0.25) is 0 Å². The predicted octanol–water partition coefficient (Wildman–Crippen LogP) is 5.26. The van der Waals surface area contributed by atoms with E-state index in [1.165, 1.54) is 36.9 Å². The summed E-state index contributed by atoms with van der Waals surface area (Å²) in [5.41, 5.74) is 2.63. The Hall–Kier alpha value is -0.980. The van der Waals surface area contributed by atoms with Crippen molar-refractivity contribution < 1.29 is 0 Å². The summed E-state index contributed by atoms with van der Waals surface area (Å²) < 4.78 is 0. The van der Waals surface area contributed by atoms with Crippen LogP contribution in [0.25, 0.3) is 0 Å². The van der Waals surface area contributed by atoms with Crippen LogP contribution in [0.3, 0.4) is 0 Å². The van der Waals surface area contributed by atoms with Crippen LogP contribution in [0, 0.1) is 18.8 Å². The molecule has 0 unspecified atom stereocenters. The van der Waals surface area contributed by atoms with Gasteiger partial charge in [-0.25, -0.2) is 0 Å². The second-order valence-corrected chi connectivity index (χ2v) is 5.68. The summed E-state index contributed by atoms with van der Waals surface area (Å²) in [6.07, 6.45) is 5.34. The van der Waals surface area contributed by atoms with Gasteiger partial charge in [-0.15, -0.1) is 0 Å². The molecule has 1 rings (SSSR count). The summed E-state index contributed by atoms with van der Waals surface area (Å²) in [7, 11) is 0. The van der Waals surface area contributed by atoms with Gasteiger partial charge < -0.3 is 5.32 Å². The average Bonchev–Trinajstić information content (AvgIpc) is 2.35. The minimum absolute atomic E-state index is 0.801. The fourth-order valence-corrected chi connectivity index (χ4v) is 2.44. The largest absolute Gasteiger partial charge is 0.385 e. The second-order valence-electron chi connectivity index (χ2n) is 5.68. The van der Waals surface area contributed by atoms with Crippen LogP contribution < -0.4 is 5.32 Å². The topological polar surface area (TPSA) is 12.0 Å². The molecule has 1 aromatic carbocycles. The van der Waals surface area contributed by atoms with Crippen LogP contribution in [0.15, 0.2) is 24.3 Å². The smallest absolute Gasteiger partial charge is 0.0369 e. The quantitative estimate of drug-likeness (QED) is 0.660. The molecule has 0 saturated heterocycles. The minimum Gasteiger partial charge on any atom is -0.385 e. The number of benzene rings is 1. The highest BCUT2D eigenvalue weighted by Crippen LogP contribution is 2.22. The van der Waals surface area contributed by atoms with Crippen molar-refractivity contribution in [1.29, 1.82) is 0 Å². The van der Waals surface area contributed by atoms with Crippen molar-refractivity contribution in [3.63, 3.8) is 0 Å². The third-order valence-electron chi connectivity index (χ3n) is 3.85. The summed E-state index contributed by atoms with van der Waals surface area (Å²) in [6, 6.07) is 8.54. The van der Waals surface area contributed by atoms with Crippen LogP contribution in [0.2, 0.25) is 0 Å². The molecule has 0 aliphatic carbocycles. The van der Waals surface area contributed by atoms with E-state index in [0.717, 1.165) is 18.4 Å². The maximum atomic E-state index is 3.57. The molecule has 0 heterocycles. The van der Waals surface area contributed by atoms with Crippen LogP contribution in [-0.2, 0) is 0 Å². The molecule has 0 amide bonds. The van der Waals surface area contributed by atoms with Gasteiger partial charge in [-0.2, -0.15) is 0 Å². The molecule has 0 saturated carbocycles. The molecule has 1 atom stereocenters. The average molecular weight is 247 g/mol. The standard InChI is InChI=1S/C17H29N/c1-5-6-10-16(14(2)3)12-13-18-17-11-8-7-9-15(17)4/h7-9,11,14,16,18H,5-6,10,12-13H2,1-4H3/t16-/m0/s1. The first-order valence-electron chi connectivity index (χ1n) is 7.44. The van der Waals surface area contributed by atoms with E-state index in [0.29, 0.717) is 0 Å². The lowest BCUT2D eigenvalue weighted by atomic mass is 9.88. The molecule has 0 spiro atoms. The maximum Gasteiger partial charge on any atom is 0.0369 e. The van der Waals surface area contributed by atoms with Crippen molar-refractivity contribution in [3.8, 4) is 0 Å². The van der Waals surface area contributed by atoms with Crippen LogP contribution in [0.5, 0.6) is 0 Å². The third kappa shape index (κ3) is 5.12. The van der Waals surface area contributed by atoms with E-state index in [9.17, 15) is 0 Å². The lowest BCUT2D eigenvalue weighted by Crippen LogP contribution is -2.14. The van der Waals surface area contributed by atoms with Gasteiger partial charge in [0.25, 0.3) is 0 Å². The number of rotatable bonds is 8. The molecule has 102 valence electrons. The van der Waals surface area contributed by atoms with Crippen molar-refractivity contribution in [2.75, 3.05) is 11.9 Å². The number of hydrogen-bond donors (Lipinski definition) is 1. The second kappa shape index (κ2) is 8.18. The van der Waals surface area contributed by atoms with Crippen molar-refractivity contribution in [2.24, 2.45) is 11.8 Å². The number of unbranched alkanes of at least 4 members (excludes halogenated alkanes) is 1. The predicted molar refractivity (Wildman–Crippen MR) is 82.1 cm³/mol.